The van der Waals surface area contributed by atoms with E-state index in [1.54, 1.807) is 18.2 Å². The highest BCUT2D eigenvalue weighted by molar-refractivity contribution is 6.35. The third-order valence-electron chi connectivity index (χ3n) is 4.14. The number of benzene rings is 2. The zero-order valence-electron chi connectivity index (χ0n) is 13.7. The maximum atomic E-state index is 11.8. The van der Waals surface area contributed by atoms with Crippen molar-refractivity contribution < 1.29 is 4.42 Å². The van der Waals surface area contributed by atoms with Crippen LogP contribution in [0.2, 0.25) is 15.1 Å². The Balaban J connectivity index is 1.90. The number of fused-ring (bicyclic) bond motifs is 1. The first-order valence-electron chi connectivity index (χ1n) is 7.76. The number of rotatable bonds is 4. The van der Waals surface area contributed by atoms with Crippen molar-refractivity contribution in [3.8, 4) is 0 Å². The van der Waals surface area contributed by atoms with Crippen LogP contribution in [0.15, 0.2) is 45.6 Å². The highest BCUT2D eigenvalue weighted by Gasteiger charge is 2.12. The molecule has 0 spiro atoms. The van der Waals surface area contributed by atoms with E-state index in [0.717, 1.165) is 22.1 Å². The summed E-state index contributed by atoms with van der Waals surface area (Å²) in [7, 11) is 0. The lowest BCUT2D eigenvalue weighted by molar-refractivity contribution is 0.547. The summed E-state index contributed by atoms with van der Waals surface area (Å²) in [6.45, 7) is 4.35. The van der Waals surface area contributed by atoms with Gasteiger partial charge in [0.2, 0.25) is 0 Å². The monoisotopic (exact) mass is 395 g/mol. The van der Waals surface area contributed by atoms with Gasteiger partial charge in [0.1, 0.15) is 5.58 Å². The summed E-state index contributed by atoms with van der Waals surface area (Å²) in [5.74, 6) is 0. The van der Waals surface area contributed by atoms with E-state index in [9.17, 15) is 4.79 Å². The quantitative estimate of drug-likeness (QED) is 0.557. The molecule has 1 N–H and O–H groups in total. The van der Waals surface area contributed by atoms with E-state index in [1.807, 2.05) is 26.0 Å². The molecule has 0 aliphatic rings. The smallest absolute Gasteiger partial charge is 0.336 e. The van der Waals surface area contributed by atoms with Gasteiger partial charge in [0.05, 0.1) is 0 Å². The molecule has 1 atom stereocenters. The van der Waals surface area contributed by atoms with E-state index >= 15 is 0 Å². The Labute approximate surface area is 160 Å². The normalized spacial score (nSPS) is 12.5. The topological polar surface area (TPSA) is 42.2 Å². The highest BCUT2D eigenvalue weighted by Crippen LogP contribution is 2.28. The first kappa shape index (κ1) is 18.3. The second kappa shape index (κ2) is 7.38. The number of hydrogen-bond acceptors (Lipinski definition) is 3. The van der Waals surface area contributed by atoms with Crippen LogP contribution in [0.3, 0.4) is 0 Å². The molecule has 3 rings (SSSR count). The Morgan fingerprint density at radius 2 is 1.84 bits per heavy atom. The van der Waals surface area contributed by atoms with Gasteiger partial charge in [0.15, 0.2) is 0 Å². The molecule has 130 valence electrons. The Hall–Kier alpha value is -1.52. The highest BCUT2D eigenvalue weighted by atomic mass is 35.5. The maximum Gasteiger partial charge on any atom is 0.336 e. The van der Waals surface area contributed by atoms with Gasteiger partial charge in [0, 0.05) is 39.1 Å². The minimum absolute atomic E-state index is 0.0204. The van der Waals surface area contributed by atoms with Gasteiger partial charge in [-0.15, -0.1) is 0 Å². The van der Waals surface area contributed by atoms with Gasteiger partial charge in [-0.05, 0) is 54.8 Å². The molecular formula is C19H16Cl3NO2. The second-order valence-corrected chi connectivity index (χ2v) is 7.21. The molecule has 3 aromatic rings. The summed E-state index contributed by atoms with van der Waals surface area (Å²) in [5.41, 5.74) is 2.77. The minimum atomic E-state index is -0.386. The standard InChI is InChI=1S/C19H16Cl3NO2/c1-10-5-18-15(8-16(10)21)12(6-19(24)25-18)9-23-11(2)14-4-3-13(20)7-17(14)22/h3-8,11,23H,9H2,1-2H3/t11-/m0/s1. The van der Waals surface area contributed by atoms with Crippen molar-refractivity contribution in [2.45, 2.75) is 26.4 Å². The average Bonchev–Trinajstić information content (AvgIpc) is 2.54. The lowest BCUT2D eigenvalue weighted by Crippen LogP contribution is -2.19. The van der Waals surface area contributed by atoms with Gasteiger partial charge in [-0.1, -0.05) is 40.9 Å². The first-order chi connectivity index (χ1) is 11.8. The molecule has 0 unspecified atom stereocenters. The van der Waals surface area contributed by atoms with Crippen LogP contribution in [0.1, 0.15) is 29.7 Å². The third-order valence-corrected chi connectivity index (χ3v) is 5.11. The Morgan fingerprint density at radius 1 is 1.08 bits per heavy atom. The molecule has 0 saturated carbocycles. The van der Waals surface area contributed by atoms with Crippen molar-refractivity contribution in [1.82, 2.24) is 5.32 Å². The molecule has 1 heterocycles. The number of hydrogen-bond donors (Lipinski definition) is 1. The molecule has 3 nitrogen and oxygen atoms in total. The van der Waals surface area contributed by atoms with Crippen LogP contribution in [0.5, 0.6) is 0 Å². The van der Waals surface area contributed by atoms with E-state index in [1.165, 1.54) is 6.07 Å². The van der Waals surface area contributed by atoms with E-state index in [-0.39, 0.29) is 11.7 Å². The molecular weight excluding hydrogens is 381 g/mol. The van der Waals surface area contributed by atoms with E-state index in [4.69, 9.17) is 39.2 Å². The molecule has 1 aromatic heterocycles. The van der Waals surface area contributed by atoms with Crippen LogP contribution in [0, 0.1) is 6.92 Å². The molecule has 25 heavy (non-hydrogen) atoms. The van der Waals surface area contributed by atoms with Crippen molar-refractivity contribution in [1.29, 1.82) is 0 Å². The fourth-order valence-corrected chi connectivity index (χ4v) is 3.46. The van der Waals surface area contributed by atoms with E-state index in [2.05, 4.69) is 5.32 Å². The van der Waals surface area contributed by atoms with Gasteiger partial charge in [-0.2, -0.15) is 0 Å². The molecule has 0 radical (unpaired) electrons. The number of nitrogens with one attached hydrogen (secondary N) is 1. The average molecular weight is 397 g/mol. The summed E-state index contributed by atoms with van der Waals surface area (Å²) in [5, 5.41) is 6.03. The Kier molecular flexibility index (Phi) is 5.40. The number of halogens is 3. The lowest BCUT2D eigenvalue weighted by Gasteiger charge is -2.17. The van der Waals surface area contributed by atoms with Crippen LogP contribution in [0.25, 0.3) is 11.0 Å². The molecule has 0 fully saturated rings. The fraction of sp³-hybridized carbons (Fsp3) is 0.211. The summed E-state index contributed by atoms with van der Waals surface area (Å²) in [6.07, 6.45) is 0. The summed E-state index contributed by atoms with van der Waals surface area (Å²) < 4.78 is 5.28. The maximum absolute atomic E-state index is 11.8. The zero-order valence-corrected chi connectivity index (χ0v) is 16.0. The van der Waals surface area contributed by atoms with Gasteiger partial charge < -0.3 is 9.73 Å². The van der Waals surface area contributed by atoms with Gasteiger partial charge >= 0.3 is 5.63 Å². The van der Waals surface area contributed by atoms with E-state index in [0.29, 0.717) is 27.2 Å². The lowest BCUT2D eigenvalue weighted by atomic mass is 10.1. The molecule has 6 heteroatoms. The molecule has 0 aliphatic carbocycles. The Bertz CT molecular complexity index is 998. The van der Waals surface area contributed by atoms with Crippen LogP contribution in [0.4, 0.5) is 0 Å². The Morgan fingerprint density at radius 3 is 2.56 bits per heavy atom. The van der Waals surface area contributed by atoms with Crippen molar-refractivity contribution in [2.75, 3.05) is 0 Å². The van der Waals surface area contributed by atoms with E-state index < -0.39 is 0 Å². The predicted octanol–water partition coefficient (Wildman–Crippen LogP) is 5.91. The van der Waals surface area contributed by atoms with Crippen LogP contribution < -0.4 is 10.9 Å². The van der Waals surface area contributed by atoms with Crippen LogP contribution in [-0.2, 0) is 6.54 Å². The van der Waals surface area contributed by atoms with Crippen LogP contribution in [-0.4, -0.2) is 0 Å². The van der Waals surface area contributed by atoms with Crippen LogP contribution >= 0.6 is 34.8 Å². The van der Waals surface area contributed by atoms with Crippen molar-refractivity contribution in [3.05, 3.63) is 78.6 Å². The fourth-order valence-electron chi connectivity index (χ4n) is 2.72. The first-order valence-corrected chi connectivity index (χ1v) is 8.90. The molecule has 0 amide bonds. The molecule has 0 bridgehead atoms. The SMILES string of the molecule is Cc1cc2oc(=O)cc(CN[C@@H](C)c3ccc(Cl)cc3Cl)c2cc1Cl. The van der Waals surface area contributed by atoms with Crippen molar-refractivity contribution in [3.63, 3.8) is 0 Å². The summed E-state index contributed by atoms with van der Waals surface area (Å²) in [6, 6.07) is 10.5. The predicted molar refractivity (Wildman–Crippen MR) is 104 cm³/mol. The second-order valence-electron chi connectivity index (χ2n) is 5.96. The van der Waals surface area contributed by atoms with Crippen molar-refractivity contribution >= 4 is 45.8 Å². The summed E-state index contributed by atoms with van der Waals surface area (Å²) >= 11 is 18.4. The largest absolute Gasteiger partial charge is 0.423 e. The van der Waals surface area contributed by atoms with Gasteiger partial charge in [-0.3, -0.25) is 0 Å². The zero-order chi connectivity index (χ0) is 18.1. The molecule has 0 aliphatic heterocycles. The van der Waals surface area contributed by atoms with Crippen molar-refractivity contribution in [2.24, 2.45) is 0 Å². The minimum Gasteiger partial charge on any atom is -0.423 e. The molecule has 0 saturated heterocycles. The molecule has 2 aromatic carbocycles. The third kappa shape index (κ3) is 4.01. The number of aryl methyl sites for hydroxylation is 1. The summed E-state index contributed by atoms with van der Waals surface area (Å²) in [4.78, 5) is 11.8. The van der Waals surface area contributed by atoms with Gasteiger partial charge in [0.25, 0.3) is 0 Å². The van der Waals surface area contributed by atoms with Gasteiger partial charge in [-0.25, -0.2) is 4.79 Å².